The molecule has 2 aromatic rings. The number of fused-ring (bicyclic) bond motifs is 1. The van der Waals surface area contributed by atoms with E-state index in [2.05, 4.69) is 28.5 Å². The highest BCUT2D eigenvalue weighted by molar-refractivity contribution is 5.65. The molecule has 0 saturated heterocycles. The summed E-state index contributed by atoms with van der Waals surface area (Å²) in [4.78, 5) is 4.24. The van der Waals surface area contributed by atoms with Crippen LogP contribution in [0.25, 0.3) is 11.3 Å². The van der Waals surface area contributed by atoms with E-state index in [4.69, 9.17) is 9.15 Å². The van der Waals surface area contributed by atoms with E-state index in [9.17, 15) is 0 Å². The lowest BCUT2D eigenvalue weighted by molar-refractivity contribution is 0.0440. The maximum Gasteiger partial charge on any atom is 0.181 e. The smallest absolute Gasteiger partial charge is 0.181 e. The SMILES string of the molecule is CNC[C@H]1OCCc2c(-c3cocn3)cccc21. The van der Waals surface area contributed by atoms with Gasteiger partial charge in [0.1, 0.15) is 12.0 Å². The van der Waals surface area contributed by atoms with Gasteiger partial charge in [-0.2, -0.15) is 0 Å². The molecule has 3 rings (SSSR count). The van der Waals surface area contributed by atoms with Crippen LogP contribution in [-0.2, 0) is 11.2 Å². The summed E-state index contributed by atoms with van der Waals surface area (Å²) in [6, 6.07) is 6.29. The molecular weight excluding hydrogens is 228 g/mol. The Morgan fingerprint density at radius 3 is 3.17 bits per heavy atom. The number of rotatable bonds is 3. The van der Waals surface area contributed by atoms with Gasteiger partial charge in [0.05, 0.1) is 12.7 Å². The molecule has 0 aliphatic carbocycles. The molecule has 2 heterocycles. The average Bonchev–Trinajstić information content (AvgIpc) is 2.93. The second-order valence-electron chi connectivity index (χ2n) is 4.41. The number of aromatic nitrogens is 1. The van der Waals surface area contributed by atoms with Crippen LogP contribution in [0.4, 0.5) is 0 Å². The molecule has 0 unspecified atom stereocenters. The van der Waals surface area contributed by atoms with Crippen molar-refractivity contribution >= 4 is 0 Å². The van der Waals surface area contributed by atoms with Crippen molar-refractivity contribution in [2.45, 2.75) is 12.5 Å². The van der Waals surface area contributed by atoms with Gasteiger partial charge in [0.2, 0.25) is 0 Å². The van der Waals surface area contributed by atoms with Gasteiger partial charge in [0.15, 0.2) is 6.39 Å². The quantitative estimate of drug-likeness (QED) is 0.899. The second kappa shape index (κ2) is 4.92. The Labute approximate surface area is 106 Å². The summed E-state index contributed by atoms with van der Waals surface area (Å²) in [5, 5.41) is 3.17. The minimum Gasteiger partial charge on any atom is -0.451 e. The van der Waals surface area contributed by atoms with E-state index in [1.165, 1.54) is 17.5 Å². The van der Waals surface area contributed by atoms with Crippen LogP contribution in [0.2, 0.25) is 0 Å². The van der Waals surface area contributed by atoms with E-state index in [1.807, 2.05) is 7.05 Å². The molecule has 4 nitrogen and oxygen atoms in total. The highest BCUT2D eigenvalue weighted by Gasteiger charge is 2.23. The lowest BCUT2D eigenvalue weighted by Gasteiger charge is -2.27. The Morgan fingerprint density at radius 1 is 1.44 bits per heavy atom. The first-order valence-electron chi connectivity index (χ1n) is 6.16. The van der Waals surface area contributed by atoms with Crippen molar-refractivity contribution in [3.05, 3.63) is 42.0 Å². The summed E-state index contributed by atoms with van der Waals surface area (Å²) in [7, 11) is 1.94. The molecule has 0 spiro atoms. The third-order valence-electron chi connectivity index (χ3n) is 3.33. The van der Waals surface area contributed by atoms with E-state index in [0.717, 1.165) is 30.8 Å². The molecule has 0 fully saturated rings. The zero-order valence-electron chi connectivity index (χ0n) is 10.3. The van der Waals surface area contributed by atoms with E-state index >= 15 is 0 Å². The Morgan fingerprint density at radius 2 is 2.39 bits per heavy atom. The fraction of sp³-hybridized carbons (Fsp3) is 0.357. The van der Waals surface area contributed by atoms with Crippen molar-refractivity contribution < 1.29 is 9.15 Å². The van der Waals surface area contributed by atoms with Crippen LogP contribution in [0.1, 0.15) is 17.2 Å². The number of nitrogens with one attached hydrogen (secondary N) is 1. The zero-order valence-corrected chi connectivity index (χ0v) is 10.3. The lowest BCUT2D eigenvalue weighted by atomic mass is 9.91. The molecule has 0 saturated carbocycles. The van der Waals surface area contributed by atoms with E-state index < -0.39 is 0 Å². The van der Waals surface area contributed by atoms with Gasteiger partial charge < -0.3 is 14.5 Å². The summed E-state index contributed by atoms with van der Waals surface area (Å²) in [5.74, 6) is 0. The fourth-order valence-corrected chi connectivity index (χ4v) is 2.52. The van der Waals surface area contributed by atoms with Gasteiger partial charge in [-0.05, 0) is 24.6 Å². The number of benzene rings is 1. The Bertz CT molecular complexity index is 523. The maximum atomic E-state index is 5.81. The summed E-state index contributed by atoms with van der Waals surface area (Å²) >= 11 is 0. The summed E-state index contributed by atoms with van der Waals surface area (Å²) in [5.41, 5.74) is 4.65. The number of hydrogen-bond acceptors (Lipinski definition) is 4. The number of hydrogen-bond donors (Lipinski definition) is 1. The highest BCUT2D eigenvalue weighted by atomic mass is 16.5. The van der Waals surface area contributed by atoms with Crippen molar-refractivity contribution in [3.8, 4) is 11.3 Å². The lowest BCUT2D eigenvalue weighted by Crippen LogP contribution is -2.25. The first-order valence-corrected chi connectivity index (χ1v) is 6.16. The largest absolute Gasteiger partial charge is 0.451 e. The van der Waals surface area contributed by atoms with Crippen LogP contribution in [0.3, 0.4) is 0 Å². The monoisotopic (exact) mass is 244 g/mol. The molecule has 1 aliphatic heterocycles. The van der Waals surface area contributed by atoms with Gasteiger partial charge in [-0.1, -0.05) is 18.2 Å². The third-order valence-corrected chi connectivity index (χ3v) is 3.33. The average molecular weight is 244 g/mol. The third kappa shape index (κ3) is 1.94. The van der Waals surface area contributed by atoms with Crippen LogP contribution >= 0.6 is 0 Å². The normalized spacial score (nSPS) is 18.6. The Kier molecular flexibility index (Phi) is 3.13. The van der Waals surface area contributed by atoms with E-state index in [1.54, 1.807) is 6.26 Å². The standard InChI is InChI=1S/C14H16N2O2/c1-15-7-14-12-4-2-3-11(10(12)5-6-18-14)13-8-17-9-16-13/h2-4,8-9,14-15H,5-7H2,1H3/t14-/m1/s1. The first kappa shape index (κ1) is 11.4. The molecule has 0 amide bonds. The molecule has 18 heavy (non-hydrogen) atoms. The van der Waals surface area contributed by atoms with Crippen molar-refractivity contribution in [3.63, 3.8) is 0 Å². The van der Waals surface area contributed by atoms with E-state index in [0.29, 0.717) is 0 Å². The minimum absolute atomic E-state index is 0.130. The molecule has 1 aromatic heterocycles. The van der Waals surface area contributed by atoms with E-state index in [-0.39, 0.29) is 6.10 Å². The molecule has 1 N–H and O–H groups in total. The van der Waals surface area contributed by atoms with Crippen LogP contribution in [0.5, 0.6) is 0 Å². The van der Waals surface area contributed by atoms with Crippen LogP contribution in [-0.4, -0.2) is 25.2 Å². The molecule has 1 aromatic carbocycles. The molecule has 0 radical (unpaired) electrons. The maximum absolute atomic E-state index is 5.81. The molecule has 1 atom stereocenters. The summed E-state index contributed by atoms with van der Waals surface area (Å²) in [6.45, 7) is 1.59. The first-order chi connectivity index (χ1) is 8.90. The van der Waals surface area contributed by atoms with Crippen LogP contribution in [0.15, 0.2) is 35.3 Å². The van der Waals surface area contributed by atoms with Crippen molar-refractivity contribution in [2.24, 2.45) is 0 Å². The molecule has 94 valence electrons. The summed E-state index contributed by atoms with van der Waals surface area (Å²) < 4.78 is 10.9. The molecule has 4 heteroatoms. The zero-order chi connectivity index (χ0) is 12.4. The number of oxazole rings is 1. The second-order valence-corrected chi connectivity index (χ2v) is 4.41. The van der Waals surface area contributed by atoms with Crippen LogP contribution in [0, 0.1) is 0 Å². The molecule has 1 aliphatic rings. The van der Waals surface area contributed by atoms with Gasteiger partial charge in [0, 0.05) is 12.1 Å². The van der Waals surface area contributed by atoms with Gasteiger partial charge in [0.25, 0.3) is 0 Å². The predicted octanol–water partition coefficient (Wildman–Crippen LogP) is 2.17. The fourth-order valence-electron chi connectivity index (χ4n) is 2.52. The molecule has 0 bridgehead atoms. The van der Waals surface area contributed by atoms with Gasteiger partial charge in [-0.15, -0.1) is 0 Å². The van der Waals surface area contributed by atoms with Crippen LogP contribution < -0.4 is 5.32 Å². The van der Waals surface area contributed by atoms with Crippen molar-refractivity contribution in [2.75, 3.05) is 20.2 Å². The number of ether oxygens (including phenoxy) is 1. The summed E-state index contributed by atoms with van der Waals surface area (Å²) in [6.07, 6.45) is 4.22. The van der Waals surface area contributed by atoms with Gasteiger partial charge in [-0.25, -0.2) is 4.98 Å². The highest BCUT2D eigenvalue weighted by Crippen LogP contribution is 2.33. The van der Waals surface area contributed by atoms with Crippen molar-refractivity contribution in [1.29, 1.82) is 0 Å². The minimum atomic E-state index is 0.130. The molecular formula is C14H16N2O2. The predicted molar refractivity (Wildman–Crippen MR) is 68.3 cm³/mol. The number of nitrogens with zero attached hydrogens (tertiary/aromatic N) is 1. The van der Waals surface area contributed by atoms with Crippen molar-refractivity contribution in [1.82, 2.24) is 10.3 Å². The number of likely N-dealkylation sites (N-methyl/N-ethyl adjacent to an activating group) is 1. The Balaban J connectivity index is 2.06. The topological polar surface area (TPSA) is 47.3 Å². The Hall–Kier alpha value is -1.65. The van der Waals surface area contributed by atoms with Gasteiger partial charge >= 0.3 is 0 Å². The van der Waals surface area contributed by atoms with Gasteiger partial charge in [-0.3, -0.25) is 0 Å².